The zero-order valence-electron chi connectivity index (χ0n) is 14.6. The number of nitrogens with one attached hydrogen (secondary N) is 1. The highest BCUT2D eigenvalue weighted by atomic mass is 35.5. The van der Waals surface area contributed by atoms with E-state index in [1.165, 1.54) is 31.2 Å². The SMILES string of the molecule is CC(CO)(Nc1nc(-c2cccc(Cl)c2)nc2c1CCCC2)C1CC1. The molecule has 4 nitrogen and oxygen atoms in total. The van der Waals surface area contributed by atoms with Gasteiger partial charge in [-0.25, -0.2) is 9.97 Å². The maximum Gasteiger partial charge on any atom is 0.161 e. The van der Waals surface area contributed by atoms with Crippen LogP contribution in [0, 0.1) is 5.92 Å². The number of nitrogens with zero attached hydrogens (tertiary/aromatic N) is 2. The Labute approximate surface area is 153 Å². The van der Waals surface area contributed by atoms with E-state index in [0.29, 0.717) is 16.8 Å². The van der Waals surface area contributed by atoms with Crippen LogP contribution in [0.2, 0.25) is 5.02 Å². The number of halogens is 1. The van der Waals surface area contributed by atoms with Crippen molar-refractivity contribution in [3.63, 3.8) is 0 Å². The molecule has 1 atom stereocenters. The first-order valence-electron chi connectivity index (χ1n) is 9.14. The van der Waals surface area contributed by atoms with Crippen LogP contribution < -0.4 is 5.32 Å². The van der Waals surface area contributed by atoms with Gasteiger partial charge < -0.3 is 10.4 Å². The lowest BCUT2D eigenvalue weighted by Crippen LogP contribution is -2.42. The molecule has 25 heavy (non-hydrogen) atoms. The average Bonchev–Trinajstić information content (AvgIpc) is 3.47. The van der Waals surface area contributed by atoms with E-state index in [1.807, 2.05) is 24.3 Å². The average molecular weight is 358 g/mol. The summed E-state index contributed by atoms with van der Waals surface area (Å²) in [7, 11) is 0. The van der Waals surface area contributed by atoms with Crippen LogP contribution in [0.1, 0.15) is 43.9 Å². The monoisotopic (exact) mass is 357 g/mol. The number of hydrogen-bond donors (Lipinski definition) is 2. The molecule has 5 heteroatoms. The second-order valence-corrected chi connectivity index (χ2v) is 7.95. The number of aryl methyl sites for hydroxylation is 1. The van der Waals surface area contributed by atoms with E-state index >= 15 is 0 Å². The quantitative estimate of drug-likeness (QED) is 0.839. The molecule has 2 aliphatic rings. The van der Waals surface area contributed by atoms with Gasteiger partial charge in [0, 0.05) is 21.8 Å². The Bertz CT molecular complexity index is 791. The predicted molar refractivity (Wildman–Crippen MR) is 101 cm³/mol. The summed E-state index contributed by atoms with van der Waals surface area (Å²) in [6.07, 6.45) is 6.65. The lowest BCUT2D eigenvalue weighted by Gasteiger charge is -2.31. The van der Waals surface area contributed by atoms with Gasteiger partial charge in [0.15, 0.2) is 5.82 Å². The van der Waals surface area contributed by atoms with E-state index in [9.17, 15) is 5.11 Å². The third-order valence-corrected chi connectivity index (χ3v) is 5.71. The Balaban J connectivity index is 1.77. The predicted octanol–water partition coefficient (Wildman–Crippen LogP) is 4.25. The van der Waals surface area contributed by atoms with Crippen LogP contribution in [-0.4, -0.2) is 27.2 Å². The number of aliphatic hydroxyl groups excluding tert-OH is 1. The van der Waals surface area contributed by atoms with Crippen LogP contribution in [0.25, 0.3) is 11.4 Å². The highest BCUT2D eigenvalue weighted by Gasteiger charge is 2.42. The van der Waals surface area contributed by atoms with Crippen LogP contribution in [0.4, 0.5) is 5.82 Å². The van der Waals surface area contributed by atoms with E-state index in [2.05, 4.69) is 12.2 Å². The summed E-state index contributed by atoms with van der Waals surface area (Å²) in [5, 5.41) is 14.2. The largest absolute Gasteiger partial charge is 0.394 e. The van der Waals surface area contributed by atoms with Crippen molar-refractivity contribution < 1.29 is 5.11 Å². The maximum atomic E-state index is 9.96. The minimum absolute atomic E-state index is 0.114. The fraction of sp³-hybridized carbons (Fsp3) is 0.500. The fourth-order valence-corrected chi connectivity index (χ4v) is 3.91. The number of anilines is 1. The topological polar surface area (TPSA) is 58.0 Å². The number of rotatable bonds is 5. The highest BCUT2D eigenvalue weighted by molar-refractivity contribution is 6.30. The summed E-state index contributed by atoms with van der Waals surface area (Å²) in [5.74, 6) is 2.12. The molecule has 1 fully saturated rings. The van der Waals surface area contributed by atoms with Crippen LogP contribution >= 0.6 is 11.6 Å². The Morgan fingerprint density at radius 1 is 1.24 bits per heavy atom. The molecular formula is C20H24ClN3O. The minimum Gasteiger partial charge on any atom is -0.394 e. The Morgan fingerprint density at radius 2 is 2.04 bits per heavy atom. The Kier molecular flexibility index (Phi) is 4.42. The van der Waals surface area contributed by atoms with Crippen LogP contribution in [-0.2, 0) is 12.8 Å². The van der Waals surface area contributed by atoms with Crippen molar-refractivity contribution in [3.8, 4) is 11.4 Å². The second-order valence-electron chi connectivity index (χ2n) is 7.51. The van der Waals surface area contributed by atoms with Gasteiger partial charge in [0.25, 0.3) is 0 Å². The summed E-state index contributed by atoms with van der Waals surface area (Å²) >= 11 is 6.15. The molecular weight excluding hydrogens is 334 g/mol. The van der Waals surface area contributed by atoms with Gasteiger partial charge >= 0.3 is 0 Å². The molecule has 132 valence electrons. The zero-order chi connectivity index (χ0) is 17.4. The van der Waals surface area contributed by atoms with Crippen molar-refractivity contribution in [2.24, 2.45) is 5.92 Å². The van der Waals surface area contributed by atoms with E-state index in [4.69, 9.17) is 21.6 Å². The molecule has 0 amide bonds. The first-order valence-corrected chi connectivity index (χ1v) is 9.51. The van der Waals surface area contributed by atoms with Crippen molar-refractivity contribution in [1.82, 2.24) is 9.97 Å². The van der Waals surface area contributed by atoms with Gasteiger partial charge in [-0.1, -0.05) is 23.7 Å². The summed E-state index contributed by atoms with van der Waals surface area (Å²) in [4.78, 5) is 9.68. The van der Waals surface area contributed by atoms with Crippen LogP contribution in [0.15, 0.2) is 24.3 Å². The van der Waals surface area contributed by atoms with Gasteiger partial charge in [-0.3, -0.25) is 0 Å². The molecule has 1 unspecified atom stereocenters. The molecule has 4 rings (SSSR count). The first kappa shape index (κ1) is 16.8. The normalized spacial score (nSPS) is 19.2. The van der Waals surface area contributed by atoms with Crippen molar-refractivity contribution in [2.45, 2.75) is 51.0 Å². The minimum atomic E-state index is -0.314. The lowest BCUT2D eigenvalue weighted by molar-refractivity contribution is 0.205. The molecule has 0 spiro atoms. The van der Waals surface area contributed by atoms with Gasteiger partial charge in [0.2, 0.25) is 0 Å². The zero-order valence-corrected chi connectivity index (χ0v) is 15.3. The smallest absolute Gasteiger partial charge is 0.161 e. The molecule has 2 aliphatic carbocycles. The molecule has 1 saturated carbocycles. The standard InChI is InChI=1S/C20H24ClN3O/c1-20(12-25,14-9-10-14)24-19-16-7-2-3-8-17(16)22-18(23-19)13-5-4-6-15(21)11-13/h4-6,11,14,25H,2-3,7-10,12H2,1H3,(H,22,23,24). The van der Waals surface area contributed by atoms with Crippen molar-refractivity contribution in [1.29, 1.82) is 0 Å². The number of benzene rings is 1. The molecule has 0 saturated heterocycles. The fourth-order valence-electron chi connectivity index (χ4n) is 3.72. The van der Waals surface area contributed by atoms with Crippen LogP contribution in [0.5, 0.6) is 0 Å². The number of aromatic nitrogens is 2. The molecule has 1 heterocycles. The summed E-state index contributed by atoms with van der Waals surface area (Å²) in [6.45, 7) is 2.21. The van der Waals surface area contributed by atoms with Crippen molar-refractivity contribution in [2.75, 3.05) is 11.9 Å². The third kappa shape index (κ3) is 3.38. The van der Waals surface area contributed by atoms with E-state index in [-0.39, 0.29) is 12.1 Å². The molecule has 2 N–H and O–H groups in total. The van der Waals surface area contributed by atoms with Gasteiger partial charge in [-0.05, 0) is 63.5 Å². The summed E-state index contributed by atoms with van der Waals surface area (Å²) < 4.78 is 0. The molecule has 1 aromatic carbocycles. The van der Waals surface area contributed by atoms with Gasteiger partial charge in [-0.2, -0.15) is 0 Å². The lowest BCUT2D eigenvalue weighted by atomic mass is 9.93. The van der Waals surface area contributed by atoms with E-state index in [1.54, 1.807) is 0 Å². The number of fused-ring (bicyclic) bond motifs is 1. The maximum absolute atomic E-state index is 9.96. The van der Waals surface area contributed by atoms with Gasteiger partial charge in [0.1, 0.15) is 5.82 Å². The van der Waals surface area contributed by atoms with E-state index < -0.39 is 0 Å². The van der Waals surface area contributed by atoms with Gasteiger partial charge in [-0.15, -0.1) is 0 Å². The Hall–Kier alpha value is -1.65. The van der Waals surface area contributed by atoms with E-state index in [0.717, 1.165) is 29.9 Å². The molecule has 2 aromatic rings. The summed E-state index contributed by atoms with van der Waals surface area (Å²) in [5.41, 5.74) is 2.97. The van der Waals surface area contributed by atoms with Crippen molar-refractivity contribution >= 4 is 17.4 Å². The molecule has 0 bridgehead atoms. The first-order chi connectivity index (χ1) is 12.1. The van der Waals surface area contributed by atoms with Crippen molar-refractivity contribution in [3.05, 3.63) is 40.5 Å². The van der Waals surface area contributed by atoms with Crippen LogP contribution in [0.3, 0.4) is 0 Å². The molecule has 0 radical (unpaired) electrons. The number of aliphatic hydroxyl groups is 1. The molecule has 0 aliphatic heterocycles. The Morgan fingerprint density at radius 3 is 2.76 bits per heavy atom. The summed E-state index contributed by atoms with van der Waals surface area (Å²) in [6, 6.07) is 7.68. The second kappa shape index (κ2) is 6.58. The highest BCUT2D eigenvalue weighted by Crippen LogP contribution is 2.42. The third-order valence-electron chi connectivity index (χ3n) is 5.48. The number of hydrogen-bond acceptors (Lipinski definition) is 4. The molecule has 1 aromatic heterocycles. The van der Waals surface area contributed by atoms with Gasteiger partial charge in [0.05, 0.1) is 12.1 Å².